The van der Waals surface area contributed by atoms with Gasteiger partial charge in [0.15, 0.2) is 0 Å². The van der Waals surface area contributed by atoms with Crippen LogP contribution in [0.1, 0.15) is 20.3 Å². The van der Waals surface area contributed by atoms with Crippen molar-refractivity contribution >= 4 is 10.0 Å². The van der Waals surface area contributed by atoms with Crippen LogP contribution in [0, 0.1) is 5.92 Å². The third-order valence-electron chi connectivity index (χ3n) is 2.07. The van der Waals surface area contributed by atoms with Crippen molar-refractivity contribution in [1.29, 1.82) is 0 Å². The molecule has 1 N–H and O–H groups in total. The smallest absolute Gasteiger partial charge is 0.211 e. The minimum Gasteiger partial charge on any atom is -0.211 e. The Morgan fingerprint density at radius 2 is 1.80 bits per heavy atom. The lowest BCUT2D eigenvalue weighted by Crippen LogP contribution is -2.25. The molecule has 1 rings (SSSR count). The third kappa shape index (κ3) is 4.01. The summed E-state index contributed by atoms with van der Waals surface area (Å²) < 4.78 is 26.0. The van der Waals surface area contributed by atoms with Crippen LogP contribution in [-0.4, -0.2) is 15.0 Å². The first-order chi connectivity index (χ1) is 7.02. The molecule has 0 heterocycles. The Hall–Kier alpha value is -0.870. The number of nitrogens with one attached hydrogen (secondary N) is 1. The lowest BCUT2D eigenvalue weighted by Gasteiger charge is -2.07. The summed E-state index contributed by atoms with van der Waals surface area (Å²) in [6, 6.07) is 8.43. The van der Waals surface area contributed by atoms with Gasteiger partial charge < -0.3 is 0 Å². The molecule has 4 heteroatoms. The highest BCUT2D eigenvalue weighted by Gasteiger charge is 2.11. The van der Waals surface area contributed by atoms with E-state index in [1.165, 1.54) is 0 Å². The number of hydrogen-bond acceptors (Lipinski definition) is 2. The summed E-state index contributed by atoms with van der Waals surface area (Å²) >= 11 is 0. The number of rotatable bonds is 5. The maximum atomic E-state index is 11.7. The summed E-state index contributed by atoms with van der Waals surface area (Å²) in [6.07, 6.45) is 0.853. The lowest BCUT2D eigenvalue weighted by atomic mass is 10.1. The van der Waals surface area contributed by atoms with Crippen LogP contribution in [0.3, 0.4) is 0 Å². The molecule has 0 radical (unpaired) electrons. The van der Waals surface area contributed by atoms with Gasteiger partial charge in [-0.25, -0.2) is 13.1 Å². The molecular weight excluding hydrogens is 210 g/mol. The first-order valence-corrected chi connectivity index (χ1v) is 6.55. The van der Waals surface area contributed by atoms with Crippen molar-refractivity contribution < 1.29 is 8.42 Å². The van der Waals surface area contributed by atoms with E-state index in [2.05, 4.69) is 18.6 Å². The number of hydrogen-bond donors (Lipinski definition) is 1. The van der Waals surface area contributed by atoms with Crippen molar-refractivity contribution in [2.45, 2.75) is 25.2 Å². The Morgan fingerprint density at radius 1 is 1.20 bits per heavy atom. The van der Waals surface area contributed by atoms with E-state index in [4.69, 9.17) is 0 Å². The molecule has 0 bridgehead atoms. The predicted octanol–water partition coefficient (Wildman–Crippen LogP) is 2.01. The normalized spacial score (nSPS) is 11.9. The lowest BCUT2D eigenvalue weighted by molar-refractivity contribution is 0.551. The average Bonchev–Trinajstić information content (AvgIpc) is 2.18. The molecule has 0 spiro atoms. The van der Waals surface area contributed by atoms with Crippen molar-refractivity contribution in [3.63, 3.8) is 0 Å². The number of benzene rings is 1. The molecule has 0 aliphatic heterocycles. The third-order valence-corrected chi connectivity index (χ3v) is 3.54. The second-order valence-corrected chi connectivity index (χ2v) is 5.66. The van der Waals surface area contributed by atoms with Crippen molar-refractivity contribution in [3.8, 4) is 0 Å². The second-order valence-electron chi connectivity index (χ2n) is 3.89. The van der Waals surface area contributed by atoms with E-state index in [0.717, 1.165) is 6.42 Å². The fourth-order valence-corrected chi connectivity index (χ4v) is 2.23. The van der Waals surface area contributed by atoms with Gasteiger partial charge in [0.05, 0.1) is 4.90 Å². The molecule has 0 amide bonds. The fraction of sp³-hybridized carbons (Fsp3) is 0.455. The average molecular weight is 227 g/mol. The molecule has 84 valence electrons. The first-order valence-electron chi connectivity index (χ1n) is 5.07. The van der Waals surface area contributed by atoms with Crippen molar-refractivity contribution in [2.75, 3.05) is 6.54 Å². The molecule has 1 aromatic carbocycles. The van der Waals surface area contributed by atoms with Crippen LogP contribution in [0.25, 0.3) is 0 Å². The molecule has 0 saturated heterocycles. The second kappa shape index (κ2) is 5.28. The molecule has 0 aromatic heterocycles. The van der Waals surface area contributed by atoms with Gasteiger partial charge in [0, 0.05) is 6.54 Å². The molecule has 0 atom stereocenters. The summed E-state index contributed by atoms with van der Waals surface area (Å²) in [5.74, 6) is 0.503. The highest BCUT2D eigenvalue weighted by atomic mass is 32.2. The topological polar surface area (TPSA) is 46.2 Å². The zero-order chi connectivity index (χ0) is 11.3. The van der Waals surface area contributed by atoms with Crippen LogP contribution in [-0.2, 0) is 10.0 Å². The van der Waals surface area contributed by atoms with Gasteiger partial charge in [-0.3, -0.25) is 0 Å². The summed E-state index contributed by atoms with van der Waals surface area (Å²) in [6.45, 7) is 4.63. The van der Waals surface area contributed by atoms with Crippen LogP contribution in [0.2, 0.25) is 0 Å². The van der Waals surface area contributed by atoms with E-state index >= 15 is 0 Å². The van der Waals surface area contributed by atoms with E-state index in [-0.39, 0.29) is 0 Å². The molecule has 0 unspecified atom stereocenters. The molecule has 0 aliphatic rings. The minimum absolute atomic E-state index is 0.328. The van der Waals surface area contributed by atoms with Gasteiger partial charge in [-0.1, -0.05) is 32.0 Å². The Bertz CT molecular complexity index is 384. The Labute approximate surface area is 91.6 Å². The van der Waals surface area contributed by atoms with Crippen LogP contribution in [0.15, 0.2) is 35.2 Å². The molecular formula is C11H17NO2S. The van der Waals surface area contributed by atoms with E-state index in [0.29, 0.717) is 17.4 Å². The number of sulfonamides is 1. The van der Waals surface area contributed by atoms with Gasteiger partial charge in [-0.15, -0.1) is 0 Å². The first kappa shape index (κ1) is 12.2. The van der Waals surface area contributed by atoms with Crippen LogP contribution < -0.4 is 4.72 Å². The summed E-state index contributed by atoms with van der Waals surface area (Å²) in [4.78, 5) is 0.328. The standard InChI is InChI=1S/C11H17NO2S/c1-10(2)8-9-12-15(13,14)11-6-4-3-5-7-11/h3-7,10,12H,8-9H2,1-2H3. The van der Waals surface area contributed by atoms with Gasteiger partial charge in [-0.05, 0) is 24.5 Å². The SMILES string of the molecule is CC(C)CCNS(=O)(=O)c1ccccc1. The summed E-state index contributed by atoms with van der Waals surface area (Å²) in [5.41, 5.74) is 0. The zero-order valence-electron chi connectivity index (χ0n) is 9.10. The van der Waals surface area contributed by atoms with E-state index in [1.54, 1.807) is 30.3 Å². The Kier molecular flexibility index (Phi) is 4.29. The van der Waals surface area contributed by atoms with Gasteiger partial charge >= 0.3 is 0 Å². The van der Waals surface area contributed by atoms with Gasteiger partial charge in [0.25, 0.3) is 0 Å². The van der Waals surface area contributed by atoms with Gasteiger partial charge in [0.1, 0.15) is 0 Å². The van der Waals surface area contributed by atoms with Crippen molar-refractivity contribution in [2.24, 2.45) is 5.92 Å². The van der Waals surface area contributed by atoms with Gasteiger partial charge in [-0.2, -0.15) is 0 Å². The largest absolute Gasteiger partial charge is 0.240 e. The Balaban J connectivity index is 2.61. The highest BCUT2D eigenvalue weighted by molar-refractivity contribution is 7.89. The molecule has 3 nitrogen and oxygen atoms in total. The predicted molar refractivity (Wildman–Crippen MR) is 61.1 cm³/mol. The maximum Gasteiger partial charge on any atom is 0.240 e. The fourth-order valence-electron chi connectivity index (χ4n) is 1.16. The Morgan fingerprint density at radius 3 is 2.33 bits per heavy atom. The van der Waals surface area contributed by atoms with Crippen molar-refractivity contribution in [3.05, 3.63) is 30.3 Å². The summed E-state index contributed by atoms with van der Waals surface area (Å²) in [5, 5.41) is 0. The molecule has 0 aliphatic carbocycles. The monoisotopic (exact) mass is 227 g/mol. The molecule has 0 saturated carbocycles. The van der Waals surface area contributed by atoms with E-state index in [9.17, 15) is 8.42 Å². The maximum absolute atomic E-state index is 11.7. The molecule has 1 aromatic rings. The highest BCUT2D eigenvalue weighted by Crippen LogP contribution is 2.07. The minimum atomic E-state index is -3.31. The van der Waals surface area contributed by atoms with Crippen molar-refractivity contribution in [1.82, 2.24) is 4.72 Å². The van der Waals surface area contributed by atoms with E-state index < -0.39 is 10.0 Å². The molecule has 0 fully saturated rings. The van der Waals surface area contributed by atoms with Crippen LogP contribution in [0.4, 0.5) is 0 Å². The summed E-state index contributed by atoms with van der Waals surface area (Å²) in [7, 11) is -3.31. The van der Waals surface area contributed by atoms with E-state index in [1.807, 2.05) is 0 Å². The molecule has 15 heavy (non-hydrogen) atoms. The van der Waals surface area contributed by atoms with Crippen LogP contribution >= 0.6 is 0 Å². The van der Waals surface area contributed by atoms with Crippen LogP contribution in [0.5, 0.6) is 0 Å². The quantitative estimate of drug-likeness (QED) is 0.836. The zero-order valence-corrected chi connectivity index (χ0v) is 9.92. The van der Waals surface area contributed by atoms with Gasteiger partial charge in [0.2, 0.25) is 10.0 Å².